The number of aromatic amines is 1. The SMILES string of the molecule is COc1ccccc1C1CC(C(=O)Nc2n[nH]c(CC(C)C)n2)NN1. The summed E-state index contributed by atoms with van der Waals surface area (Å²) in [7, 11) is 1.64. The highest BCUT2D eigenvalue weighted by atomic mass is 16.5. The van der Waals surface area contributed by atoms with Crippen molar-refractivity contribution in [1.29, 1.82) is 0 Å². The molecule has 0 saturated carbocycles. The molecule has 0 spiro atoms. The molecular formula is C17H24N6O2. The summed E-state index contributed by atoms with van der Waals surface area (Å²) >= 11 is 0. The molecule has 1 amide bonds. The number of benzene rings is 1. The van der Waals surface area contributed by atoms with Gasteiger partial charge in [-0.3, -0.25) is 15.2 Å². The first-order chi connectivity index (χ1) is 12.1. The van der Waals surface area contributed by atoms with E-state index < -0.39 is 0 Å². The number of anilines is 1. The first-order valence-electron chi connectivity index (χ1n) is 8.43. The fourth-order valence-corrected chi connectivity index (χ4v) is 2.91. The van der Waals surface area contributed by atoms with Crippen LogP contribution in [0.25, 0.3) is 0 Å². The van der Waals surface area contributed by atoms with E-state index in [1.807, 2.05) is 24.3 Å². The molecule has 0 bridgehead atoms. The molecule has 3 rings (SSSR count). The lowest BCUT2D eigenvalue weighted by Crippen LogP contribution is -2.39. The number of hydrogen-bond acceptors (Lipinski definition) is 6. The average Bonchev–Trinajstić information content (AvgIpc) is 3.24. The largest absolute Gasteiger partial charge is 0.496 e. The predicted octanol–water partition coefficient (Wildman–Crippen LogP) is 1.56. The number of H-pyrrole nitrogens is 1. The van der Waals surface area contributed by atoms with E-state index in [1.165, 1.54) is 0 Å². The van der Waals surface area contributed by atoms with Crippen molar-refractivity contribution < 1.29 is 9.53 Å². The number of ether oxygens (including phenoxy) is 1. The summed E-state index contributed by atoms with van der Waals surface area (Å²) < 4.78 is 5.39. The Morgan fingerprint density at radius 1 is 1.36 bits per heavy atom. The second kappa shape index (κ2) is 7.62. The van der Waals surface area contributed by atoms with E-state index in [1.54, 1.807) is 7.11 Å². The third-order valence-electron chi connectivity index (χ3n) is 4.10. The molecule has 8 heteroatoms. The van der Waals surface area contributed by atoms with Crippen molar-refractivity contribution in [2.24, 2.45) is 5.92 Å². The molecule has 25 heavy (non-hydrogen) atoms. The highest BCUT2D eigenvalue weighted by molar-refractivity contribution is 5.93. The van der Waals surface area contributed by atoms with Crippen LogP contribution in [0.4, 0.5) is 5.95 Å². The summed E-state index contributed by atoms with van der Waals surface area (Å²) in [5.41, 5.74) is 7.21. The van der Waals surface area contributed by atoms with Gasteiger partial charge >= 0.3 is 0 Å². The Balaban J connectivity index is 1.60. The number of hydrogen-bond donors (Lipinski definition) is 4. The van der Waals surface area contributed by atoms with Gasteiger partial charge in [-0.2, -0.15) is 4.98 Å². The monoisotopic (exact) mass is 344 g/mol. The number of rotatable bonds is 6. The maximum Gasteiger partial charge on any atom is 0.248 e. The molecule has 0 aliphatic carbocycles. The minimum atomic E-state index is -0.373. The number of para-hydroxylation sites is 1. The number of carbonyl (C=O) groups is 1. The lowest BCUT2D eigenvalue weighted by Gasteiger charge is -2.13. The number of aromatic nitrogens is 3. The standard InChI is InChI=1S/C17H24N6O2/c1-10(2)8-15-18-17(23-22-15)19-16(24)13-9-12(20-21-13)11-6-4-5-7-14(11)25-3/h4-7,10,12-13,20-21H,8-9H2,1-3H3,(H2,18,19,22,23,24). The Kier molecular flexibility index (Phi) is 5.30. The Hall–Kier alpha value is -2.45. The molecule has 2 atom stereocenters. The molecule has 4 N–H and O–H groups in total. The molecule has 8 nitrogen and oxygen atoms in total. The van der Waals surface area contributed by atoms with Crippen LogP contribution in [0.3, 0.4) is 0 Å². The fraction of sp³-hybridized carbons (Fsp3) is 0.471. The molecule has 2 unspecified atom stereocenters. The minimum absolute atomic E-state index is 0.00412. The third kappa shape index (κ3) is 4.15. The summed E-state index contributed by atoms with van der Waals surface area (Å²) in [5, 5.41) is 9.66. The average molecular weight is 344 g/mol. The summed E-state index contributed by atoms with van der Waals surface area (Å²) in [5.74, 6) is 2.19. The smallest absolute Gasteiger partial charge is 0.248 e. The molecule has 1 aliphatic heterocycles. The van der Waals surface area contributed by atoms with E-state index in [4.69, 9.17) is 4.74 Å². The second-order valence-corrected chi connectivity index (χ2v) is 6.56. The molecule has 1 aromatic carbocycles. The summed E-state index contributed by atoms with van der Waals surface area (Å²) in [6, 6.07) is 7.40. The van der Waals surface area contributed by atoms with Crippen molar-refractivity contribution in [2.75, 3.05) is 12.4 Å². The zero-order chi connectivity index (χ0) is 17.8. The van der Waals surface area contributed by atoms with Crippen LogP contribution in [-0.2, 0) is 11.2 Å². The van der Waals surface area contributed by atoms with Crippen molar-refractivity contribution in [3.8, 4) is 5.75 Å². The highest BCUT2D eigenvalue weighted by Gasteiger charge is 2.32. The van der Waals surface area contributed by atoms with Crippen molar-refractivity contribution in [3.63, 3.8) is 0 Å². The number of amides is 1. The molecule has 1 saturated heterocycles. The van der Waals surface area contributed by atoms with Gasteiger partial charge in [0.2, 0.25) is 11.9 Å². The van der Waals surface area contributed by atoms with Gasteiger partial charge in [0.15, 0.2) is 0 Å². The lowest BCUT2D eigenvalue weighted by molar-refractivity contribution is -0.117. The molecule has 1 aromatic heterocycles. The van der Waals surface area contributed by atoms with E-state index in [0.717, 1.165) is 23.6 Å². The Morgan fingerprint density at radius 3 is 2.92 bits per heavy atom. The topological polar surface area (TPSA) is 104 Å². The number of nitrogens with zero attached hydrogens (tertiary/aromatic N) is 2. The van der Waals surface area contributed by atoms with Crippen LogP contribution in [0.1, 0.15) is 37.7 Å². The minimum Gasteiger partial charge on any atom is -0.496 e. The number of nitrogens with one attached hydrogen (secondary N) is 4. The van der Waals surface area contributed by atoms with E-state index in [2.05, 4.69) is 45.2 Å². The predicted molar refractivity (Wildman–Crippen MR) is 94.0 cm³/mol. The number of carbonyl (C=O) groups excluding carboxylic acids is 1. The Morgan fingerprint density at radius 2 is 2.16 bits per heavy atom. The number of hydrazine groups is 1. The van der Waals surface area contributed by atoms with Crippen LogP contribution in [0.2, 0.25) is 0 Å². The second-order valence-electron chi connectivity index (χ2n) is 6.56. The molecule has 0 radical (unpaired) electrons. The van der Waals surface area contributed by atoms with Crippen molar-refractivity contribution in [2.45, 2.75) is 38.8 Å². The van der Waals surface area contributed by atoms with E-state index in [0.29, 0.717) is 18.3 Å². The Bertz CT molecular complexity index is 729. The lowest BCUT2D eigenvalue weighted by atomic mass is 10.0. The van der Waals surface area contributed by atoms with Gasteiger partial charge in [-0.25, -0.2) is 10.9 Å². The van der Waals surface area contributed by atoms with Crippen molar-refractivity contribution in [3.05, 3.63) is 35.7 Å². The summed E-state index contributed by atoms with van der Waals surface area (Å²) in [6.45, 7) is 4.21. The quantitative estimate of drug-likeness (QED) is 0.634. The molecule has 2 aromatic rings. The van der Waals surface area contributed by atoms with Crippen LogP contribution in [0, 0.1) is 5.92 Å². The van der Waals surface area contributed by atoms with Crippen LogP contribution in [-0.4, -0.2) is 34.2 Å². The normalized spacial score (nSPS) is 20.0. The van der Waals surface area contributed by atoms with E-state index in [9.17, 15) is 4.79 Å². The van der Waals surface area contributed by atoms with Crippen LogP contribution in [0.5, 0.6) is 5.75 Å². The zero-order valence-electron chi connectivity index (χ0n) is 14.7. The van der Waals surface area contributed by atoms with E-state index in [-0.39, 0.29) is 18.0 Å². The molecule has 1 fully saturated rings. The zero-order valence-corrected chi connectivity index (χ0v) is 14.7. The van der Waals surface area contributed by atoms with Gasteiger partial charge in [-0.15, -0.1) is 5.10 Å². The van der Waals surface area contributed by atoms with Gasteiger partial charge in [0, 0.05) is 12.0 Å². The Labute approximate surface area is 146 Å². The van der Waals surface area contributed by atoms with Crippen LogP contribution >= 0.6 is 0 Å². The van der Waals surface area contributed by atoms with Gasteiger partial charge in [0.1, 0.15) is 17.6 Å². The maximum atomic E-state index is 12.4. The molecule has 2 heterocycles. The van der Waals surface area contributed by atoms with Crippen molar-refractivity contribution in [1.82, 2.24) is 26.0 Å². The van der Waals surface area contributed by atoms with Gasteiger partial charge in [-0.1, -0.05) is 32.0 Å². The summed E-state index contributed by atoms with van der Waals surface area (Å²) in [4.78, 5) is 16.7. The summed E-state index contributed by atoms with van der Waals surface area (Å²) in [6.07, 6.45) is 1.40. The van der Waals surface area contributed by atoms with Crippen LogP contribution in [0.15, 0.2) is 24.3 Å². The molecule has 134 valence electrons. The number of methoxy groups -OCH3 is 1. The van der Waals surface area contributed by atoms with Crippen molar-refractivity contribution >= 4 is 11.9 Å². The first kappa shape index (κ1) is 17.4. The fourth-order valence-electron chi connectivity index (χ4n) is 2.91. The van der Waals surface area contributed by atoms with Gasteiger partial charge in [0.05, 0.1) is 13.2 Å². The van der Waals surface area contributed by atoms with E-state index >= 15 is 0 Å². The van der Waals surface area contributed by atoms with Gasteiger partial charge in [-0.05, 0) is 18.4 Å². The molecule has 1 aliphatic rings. The maximum absolute atomic E-state index is 12.4. The molecular weight excluding hydrogens is 320 g/mol. The highest BCUT2D eigenvalue weighted by Crippen LogP contribution is 2.30. The first-order valence-corrected chi connectivity index (χ1v) is 8.43. The third-order valence-corrected chi connectivity index (χ3v) is 4.10. The van der Waals surface area contributed by atoms with Crippen LogP contribution < -0.4 is 20.9 Å². The van der Waals surface area contributed by atoms with Gasteiger partial charge in [0.25, 0.3) is 0 Å². The van der Waals surface area contributed by atoms with Gasteiger partial charge < -0.3 is 4.74 Å².